The molecule has 0 aromatic carbocycles. The van der Waals surface area contributed by atoms with Crippen molar-refractivity contribution in [2.75, 3.05) is 34.2 Å². The monoisotopic (exact) mass is 315 g/mol. The van der Waals surface area contributed by atoms with Crippen LogP contribution in [0.4, 0.5) is 0 Å². The number of thiocarbonyl (C=S) groups is 1. The second kappa shape index (κ2) is 6.70. The van der Waals surface area contributed by atoms with Gasteiger partial charge in [0.15, 0.2) is 0 Å². The van der Waals surface area contributed by atoms with Gasteiger partial charge in [0.05, 0.1) is 12.1 Å². The molecule has 1 atom stereocenters. The molecular weight excluding hydrogens is 294 g/mol. The molecule has 112 valence electrons. The van der Waals surface area contributed by atoms with E-state index in [2.05, 4.69) is 35.8 Å². The molecule has 1 unspecified atom stereocenters. The molecule has 1 aromatic rings. The van der Waals surface area contributed by atoms with Gasteiger partial charge in [0.2, 0.25) is 5.88 Å². The lowest BCUT2D eigenvalue weighted by Gasteiger charge is -2.32. The van der Waals surface area contributed by atoms with E-state index in [-0.39, 0.29) is 18.0 Å². The lowest BCUT2D eigenvalue weighted by atomic mass is 10.0. The van der Waals surface area contributed by atoms with Gasteiger partial charge in [-0.3, -0.25) is 0 Å². The number of ether oxygens (including phenoxy) is 1. The molecule has 2 heterocycles. The normalized spacial score (nSPS) is 21.9. The highest BCUT2D eigenvalue weighted by Crippen LogP contribution is 2.29. The largest absolute Gasteiger partial charge is 0.469 e. The molecule has 4 nitrogen and oxygen atoms in total. The molecular formula is C14H22ClN3OS. The van der Waals surface area contributed by atoms with Crippen LogP contribution in [0.15, 0.2) is 18.3 Å². The number of rotatable bonds is 3. The summed E-state index contributed by atoms with van der Waals surface area (Å²) < 4.78 is 6.17. The van der Waals surface area contributed by atoms with Crippen LogP contribution in [0, 0.1) is 0 Å². The maximum atomic E-state index is 6.17. The first kappa shape index (κ1) is 17.1. The Kier molecular flexibility index (Phi) is 5.74. The van der Waals surface area contributed by atoms with Crippen molar-refractivity contribution in [3.63, 3.8) is 0 Å². The van der Waals surface area contributed by atoms with Crippen molar-refractivity contribution < 1.29 is 4.74 Å². The van der Waals surface area contributed by atoms with Gasteiger partial charge in [0.25, 0.3) is 0 Å². The van der Waals surface area contributed by atoms with Crippen molar-refractivity contribution in [3.05, 3.63) is 23.9 Å². The third-order valence-corrected chi connectivity index (χ3v) is 3.88. The van der Waals surface area contributed by atoms with Gasteiger partial charge in [-0.1, -0.05) is 12.2 Å². The molecule has 2 rings (SSSR count). The standard InChI is InChI=1S/C14H21N3OS.ClH/c1-14(7-9-16(2)3)10-17(4)13(19)11-6-5-8-15-12(11)18-14;/h5-6,8H,7,9-10H2,1-4H3;1H. The minimum atomic E-state index is -0.275. The van der Waals surface area contributed by atoms with Crippen LogP contribution in [-0.4, -0.2) is 59.6 Å². The molecule has 0 amide bonds. The predicted molar refractivity (Wildman–Crippen MR) is 88.0 cm³/mol. The van der Waals surface area contributed by atoms with Crippen LogP contribution in [0.5, 0.6) is 5.88 Å². The summed E-state index contributed by atoms with van der Waals surface area (Å²) in [5.74, 6) is 0.651. The van der Waals surface area contributed by atoms with Gasteiger partial charge in [-0.05, 0) is 33.2 Å². The molecule has 6 heteroatoms. The van der Waals surface area contributed by atoms with Crippen LogP contribution in [0.2, 0.25) is 0 Å². The Morgan fingerprint density at radius 3 is 2.85 bits per heavy atom. The smallest absolute Gasteiger partial charge is 0.224 e. The summed E-state index contributed by atoms with van der Waals surface area (Å²) in [4.78, 5) is 9.38. The van der Waals surface area contributed by atoms with E-state index in [1.54, 1.807) is 6.20 Å². The number of nitrogens with zero attached hydrogens (tertiary/aromatic N) is 3. The van der Waals surface area contributed by atoms with E-state index in [9.17, 15) is 0 Å². The maximum absolute atomic E-state index is 6.17. The zero-order valence-corrected chi connectivity index (χ0v) is 14.1. The molecule has 1 aromatic heterocycles. The summed E-state index contributed by atoms with van der Waals surface area (Å²) in [6.45, 7) is 3.87. The number of pyridine rings is 1. The molecule has 1 aliphatic heterocycles. The van der Waals surface area contributed by atoms with Crippen LogP contribution >= 0.6 is 24.6 Å². The number of likely N-dealkylation sites (N-methyl/N-ethyl adjacent to an activating group) is 1. The minimum Gasteiger partial charge on any atom is -0.469 e. The maximum Gasteiger partial charge on any atom is 0.224 e. The topological polar surface area (TPSA) is 28.6 Å². The van der Waals surface area contributed by atoms with Gasteiger partial charge in [0, 0.05) is 26.2 Å². The number of fused-ring (bicyclic) bond motifs is 1. The molecule has 0 aliphatic carbocycles. The fourth-order valence-electron chi connectivity index (χ4n) is 2.27. The van der Waals surface area contributed by atoms with Gasteiger partial charge in [-0.15, -0.1) is 12.4 Å². The SMILES string of the molecule is CN(C)CCC1(C)CN(C)C(=S)c2cccnc2O1.Cl. The molecule has 0 bridgehead atoms. The van der Waals surface area contributed by atoms with Gasteiger partial charge >= 0.3 is 0 Å². The summed E-state index contributed by atoms with van der Waals surface area (Å²) >= 11 is 5.50. The van der Waals surface area contributed by atoms with Gasteiger partial charge in [-0.25, -0.2) is 4.98 Å². The average molecular weight is 316 g/mol. The van der Waals surface area contributed by atoms with Crippen LogP contribution in [0.3, 0.4) is 0 Å². The highest BCUT2D eigenvalue weighted by atomic mass is 35.5. The van der Waals surface area contributed by atoms with Crippen LogP contribution < -0.4 is 4.74 Å². The Bertz CT molecular complexity index is 483. The van der Waals surface area contributed by atoms with Crippen molar-refractivity contribution in [2.24, 2.45) is 0 Å². The first-order chi connectivity index (χ1) is 8.91. The highest BCUT2D eigenvalue weighted by Gasteiger charge is 2.34. The van der Waals surface area contributed by atoms with E-state index in [1.165, 1.54) is 0 Å². The summed E-state index contributed by atoms with van der Waals surface area (Å²) in [6.07, 6.45) is 2.68. The number of halogens is 1. The second-order valence-electron chi connectivity index (χ2n) is 5.62. The van der Waals surface area contributed by atoms with Crippen LogP contribution in [-0.2, 0) is 0 Å². The van der Waals surface area contributed by atoms with Gasteiger partial charge in [0.1, 0.15) is 10.6 Å². The Morgan fingerprint density at radius 2 is 2.20 bits per heavy atom. The number of aromatic nitrogens is 1. The zero-order chi connectivity index (χ0) is 14.0. The highest BCUT2D eigenvalue weighted by molar-refractivity contribution is 7.80. The summed E-state index contributed by atoms with van der Waals surface area (Å²) in [7, 11) is 6.16. The Labute approximate surface area is 132 Å². The lowest BCUT2D eigenvalue weighted by molar-refractivity contribution is 0.0539. The number of hydrogen-bond donors (Lipinski definition) is 0. The first-order valence-electron chi connectivity index (χ1n) is 6.45. The summed E-state index contributed by atoms with van der Waals surface area (Å²) in [5.41, 5.74) is 0.636. The van der Waals surface area contributed by atoms with Crippen molar-refractivity contribution in [2.45, 2.75) is 18.9 Å². The van der Waals surface area contributed by atoms with Gasteiger partial charge < -0.3 is 14.5 Å². The molecule has 0 spiro atoms. The molecule has 0 N–H and O–H groups in total. The lowest BCUT2D eigenvalue weighted by Crippen LogP contribution is -2.45. The second-order valence-corrected chi connectivity index (χ2v) is 6.01. The van der Waals surface area contributed by atoms with E-state index in [4.69, 9.17) is 17.0 Å². The first-order valence-corrected chi connectivity index (χ1v) is 6.86. The minimum absolute atomic E-state index is 0. The van der Waals surface area contributed by atoms with Crippen LogP contribution in [0.25, 0.3) is 0 Å². The molecule has 0 fully saturated rings. The van der Waals surface area contributed by atoms with E-state index in [1.807, 2.05) is 19.2 Å². The van der Waals surface area contributed by atoms with Crippen molar-refractivity contribution >= 4 is 29.6 Å². The summed E-state index contributed by atoms with van der Waals surface area (Å²) in [5, 5.41) is 0. The molecule has 20 heavy (non-hydrogen) atoms. The average Bonchev–Trinajstić information content (AvgIpc) is 2.44. The van der Waals surface area contributed by atoms with E-state index >= 15 is 0 Å². The fraction of sp³-hybridized carbons (Fsp3) is 0.571. The van der Waals surface area contributed by atoms with Crippen molar-refractivity contribution in [1.82, 2.24) is 14.8 Å². The Hall–Kier alpha value is -0.910. The Morgan fingerprint density at radius 1 is 1.50 bits per heavy atom. The predicted octanol–water partition coefficient (Wildman–Crippen LogP) is 2.21. The fourth-order valence-corrected chi connectivity index (χ4v) is 2.49. The third-order valence-electron chi connectivity index (χ3n) is 3.35. The Balaban J connectivity index is 0.00000200. The zero-order valence-electron chi connectivity index (χ0n) is 12.4. The van der Waals surface area contributed by atoms with Crippen molar-refractivity contribution in [1.29, 1.82) is 0 Å². The third kappa shape index (κ3) is 3.81. The molecule has 0 saturated heterocycles. The van der Waals surface area contributed by atoms with Gasteiger partial charge in [-0.2, -0.15) is 0 Å². The van der Waals surface area contributed by atoms with E-state index in [0.717, 1.165) is 30.1 Å². The van der Waals surface area contributed by atoms with E-state index in [0.29, 0.717) is 5.88 Å². The molecule has 1 aliphatic rings. The van der Waals surface area contributed by atoms with E-state index < -0.39 is 0 Å². The number of hydrogen-bond acceptors (Lipinski definition) is 4. The molecule has 0 saturated carbocycles. The van der Waals surface area contributed by atoms with Crippen LogP contribution in [0.1, 0.15) is 18.9 Å². The molecule has 0 radical (unpaired) electrons. The summed E-state index contributed by atoms with van der Waals surface area (Å²) in [6, 6.07) is 3.86. The quantitative estimate of drug-likeness (QED) is 0.798. The van der Waals surface area contributed by atoms with Crippen molar-refractivity contribution in [3.8, 4) is 5.88 Å².